The number of aliphatic carboxylic acids is 1. The number of carbonyl (C=O) groups is 2. The van der Waals surface area contributed by atoms with Crippen LogP contribution in [0.5, 0.6) is 0 Å². The van der Waals surface area contributed by atoms with Crippen molar-refractivity contribution in [1.82, 2.24) is 9.80 Å². The Morgan fingerprint density at radius 3 is 2.59 bits per heavy atom. The van der Waals surface area contributed by atoms with E-state index in [1.165, 1.54) is 0 Å². The van der Waals surface area contributed by atoms with Crippen molar-refractivity contribution in [3.63, 3.8) is 0 Å². The zero-order valence-corrected chi connectivity index (χ0v) is 14.7. The molecule has 0 aliphatic carbocycles. The topological polar surface area (TPSA) is 84.6 Å². The number of carbonyl (C=O) groups excluding carboxylic acids is 1. The van der Waals surface area contributed by atoms with Gasteiger partial charge in [-0.2, -0.15) is 18.4 Å². The largest absolute Gasteiger partial charge is 0.490 e. The number of alkyl halides is 3. The van der Waals surface area contributed by atoms with Crippen LogP contribution in [0, 0.1) is 11.3 Å². The summed E-state index contributed by atoms with van der Waals surface area (Å²) < 4.78 is 31.7. The molecule has 27 heavy (non-hydrogen) atoms. The van der Waals surface area contributed by atoms with E-state index < -0.39 is 12.1 Å². The zero-order valence-electron chi connectivity index (χ0n) is 14.7. The summed E-state index contributed by atoms with van der Waals surface area (Å²) in [7, 11) is 0. The van der Waals surface area contributed by atoms with Crippen molar-refractivity contribution in [3.8, 4) is 6.07 Å². The van der Waals surface area contributed by atoms with Gasteiger partial charge in [-0.3, -0.25) is 9.69 Å². The molecular weight excluding hydrogens is 363 g/mol. The number of fused-ring (bicyclic) bond motifs is 1. The second-order valence-electron chi connectivity index (χ2n) is 6.39. The van der Waals surface area contributed by atoms with Crippen molar-refractivity contribution in [1.29, 1.82) is 5.26 Å². The Morgan fingerprint density at radius 1 is 1.37 bits per heavy atom. The van der Waals surface area contributed by atoms with E-state index in [1.54, 1.807) is 0 Å². The summed E-state index contributed by atoms with van der Waals surface area (Å²) in [4.78, 5) is 25.3. The Bertz CT molecular complexity index is 745. The first-order valence-corrected chi connectivity index (χ1v) is 8.50. The molecule has 3 rings (SSSR count). The summed E-state index contributed by atoms with van der Waals surface area (Å²) in [6.45, 7) is 4.74. The molecular formula is C18H20F3N3O3. The smallest absolute Gasteiger partial charge is 0.475 e. The molecule has 1 aromatic rings. The first-order valence-electron chi connectivity index (χ1n) is 8.50. The van der Waals surface area contributed by atoms with Crippen LogP contribution >= 0.6 is 0 Å². The lowest BCUT2D eigenvalue weighted by atomic mass is 10.1. The van der Waals surface area contributed by atoms with Crippen molar-refractivity contribution in [2.45, 2.75) is 44.6 Å². The minimum absolute atomic E-state index is 0.290. The van der Waals surface area contributed by atoms with Crippen LogP contribution in [0.15, 0.2) is 24.3 Å². The van der Waals surface area contributed by atoms with Crippen LogP contribution in [0.4, 0.5) is 13.2 Å². The lowest BCUT2D eigenvalue weighted by Crippen LogP contribution is -2.36. The predicted molar refractivity (Wildman–Crippen MR) is 89.5 cm³/mol. The quantitative estimate of drug-likeness (QED) is 0.866. The van der Waals surface area contributed by atoms with Crippen LogP contribution in [0.1, 0.15) is 30.9 Å². The second-order valence-corrected chi connectivity index (χ2v) is 6.39. The number of nitriles is 1. The van der Waals surface area contributed by atoms with Gasteiger partial charge in [0.05, 0.1) is 11.6 Å². The molecule has 2 saturated heterocycles. The molecule has 0 radical (unpaired) electrons. The number of hydrogen-bond donors (Lipinski definition) is 1. The molecule has 146 valence electrons. The maximum absolute atomic E-state index is 12.0. The Kier molecular flexibility index (Phi) is 6.44. The molecule has 1 amide bonds. The van der Waals surface area contributed by atoms with E-state index in [4.69, 9.17) is 15.2 Å². The number of benzene rings is 1. The summed E-state index contributed by atoms with van der Waals surface area (Å²) >= 11 is 0. The lowest BCUT2D eigenvalue weighted by Gasteiger charge is -2.24. The fourth-order valence-electron chi connectivity index (χ4n) is 3.59. The number of halogens is 3. The van der Waals surface area contributed by atoms with Gasteiger partial charge >= 0.3 is 12.1 Å². The van der Waals surface area contributed by atoms with Crippen LogP contribution in [0.2, 0.25) is 0 Å². The van der Waals surface area contributed by atoms with Gasteiger partial charge in [0.2, 0.25) is 5.91 Å². The van der Waals surface area contributed by atoms with Gasteiger partial charge in [0.15, 0.2) is 0 Å². The van der Waals surface area contributed by atoms with Crippen LogP contribution in [-0.4, -0.2) is 58.1 Å². The van der Waals surface area contributed by atoms with Gasteiger partial charge in [0, 0.05) is 38.1 Å². The third kappa shape index (κ3) is 4.98. The maximum atomic E-state index is 12.0. The number of hydrogen-bond acceptors (Lipinski definition) is 4. The maximum Gasteiger partial charge on any atom is 0.490 e. The monoisotopic (exact) mass is 383 g/mol. The van der Waals surface area contributed by atoms with E-state index in [2.05, 4.69) is 24.0 Å². The molecule has 2 heterocycles. The number of rotatable bonds is 3. The predicted octanol–water partition coefficient (Wildman–Crippen LogP) is 2.39. The molecule has 1 aromatic carbocycles. The molecule has 6 nitrogen and oxygen atoms in total. The third-order valence-corrected chi connectivity index (χ3v) is 4.75. The number of amides is 1. The van der Waals surface area contributed by atoms with Gasteiger partial charge < -0.3 is 10.0 Å². The minimum atomic E-state index is -5.08. The fraction of sp³-hybridized carbons (Fsp3) is 0.500. The average molecular weight is 383 g/mol. The molecule has 1 N–H and O–H groups in total. The highest BCUT2D eigenvalue weighted by atomic mass is 19.4. The number of carboxylic acids is 1. The van der Waals surface area contributed by atoms with Gasteiger partial charge in [-0.25, -0.2) is 4.79 Å². The van der Waals surface area contributed by atoms with Crippen molar-refractivity contribution in [2.75, 3.05) is 13.1 Å². The van der Waals surface area contributed by atoms with E-state index in [1.807, 2.05) is 23.1 Å². The molecule has 2 aliphatic heterocycles. The Balaban J connectivity index is 0.000000321. The first-order chi connectivity index (χ1) is 12.7. The van der Waals surface area contributed by atoms with E-state index >= 15 is 0 Å². The highest BCUT2D eigenvalue weighted by molar-refractivity contribution is 5.80. The van der Waals surface area contributed by atoms with E-state index in [0.29, 0.717) is 24.1 Å². The number of likely N-dealkylation sites (tertiary alicyclic amines) is 2. The van der Waals surface area contributed by atoms with Crippen molar-refractivity contribution in [3.05, 3.63) is 35.4 Å². The molecule has 9 heteroatoms. The van der Waals surface area contributed by atoms with Gasteiger partial charge in [0.1, 0.15) is 0 Å². The summed E-state index contributed by atoms with van der Waals surface area (Å²) in [6, 6.07) is 10.7. The average Bonchev–Trinajstić information content (AvgIpc) is 3.13. The molecule has 2 fully saturated rings. The molecule has 2 atom stereocenters. The highest BCUT2D eigenvalue weighted by Gasteiger charge is 2.45. The SMILES string of the molecule is CCN1C(=O)C[C@@H]2[C@@H]1CCN2Cc1cccc(C#N)c1.O=C(O)C(F)(F)F. The standard InChI is InChI=1S/C16H19N3O.C2HF3O2/c1-2-19-14-6-7-18(15(14)9-16(19)20)11-13-5-3-4-12(8-13)10-17;3-2(4,5)1(6)7/h3-5,8,14-15H,2,6-7,9,11H2,1H3;(H,6,7)/t14-,15+;/m0./s1. The summed E-state index contributed by atoms with van der Waals surface area (Å²) in [6.07, 6.45) is -3.36. The Morgan fingerprint density at radius 2 is 2.04 bits per heavy atom. The van der Waals surface area contributed by atoms with Crippen molar-refractivity contribution in [2.24, 2.45) is 0 Å². The lowest BCUT2D eigenvalue weighted by molar-refractivity contribution is -0.192. The molecule has 0 bridgehead atoms. The van der Waals surface area contributed by atoms with Crippen LogP contribution < -0.4 is 0 Å². The summed E-state index contributed by atoms with van der Waals surface area (Å²) in [5, 5.41) is 16.1. The number of carboxylic acid groups (broad SMARTS) is 1. The Labute approximate surface area is 154 Å². The van der Waals surface area contributed by atoms with E-state index in [0.717, 1.165) is 31.6 Å². The number of likely N-dealkylation sites (N-methyl/N-ethyl adjacent to an activating group) is 1. The third-order valence-electron chi connectivity index (χ3n) is 4.75. The molecule has 0 saturated carbocycles. The summed E-state index contributed by atoms with van der Waals surface area (Å²) in [5.41, 5.74) is 1.86. The minimum Gasteiger partial charge on any atom is -0.475 e. The van der Waals surface area contributed by atoms with Crippen molar-refractivity contribution < 1.29 is 27.9 Å². The highest BCUT2D eigenvalue weighted by Crippen LogP contribution is 2.33. The van der Waals surface area contributed by atoms with Crippen LogP contribution in [0.3, 0.4) is 0 Å². The van der Waals surface area contributed by atoms with Gasteiger partial charge in [0.25, 0.3) is 0 Å². The first kappa shape index (κ1) is 20.7. The second kappa shape index (κ2) is 8.39. The van der Waals surface area contributed by atoms with Gasteiger partial charge in [-0.15, -0.1) is 0 Å². The summed E-state index contributed by atoms with van der Waals surface area (Å²) in [5.74, 6) is -2.47. The number of nitrogens with zero attached hydrogens (tertiary/aromatic N) is 3. The zero-order chi connectivity index (χ0) is 20.2. The molecule has 2 aliphatic rings. The molecule has 0 aromatic heterocycles. The van der Waals surface area contributed by atoms with Crippen LogP contribution in [-0.2, 0) is 16.1 Å². The fourth-order valence-corrected chi connectivity index (χ4v) is 3.59. The Hall–Kier alpha value is -2.60. The van der Waals surface area contributed by atoms with Crippen LogP contribution in [0.25, 0.3) is 0 Å². The van der Waals surface area contributed by atoms with E-state index in [-0.39, 0.29) is 5.91 Å². The molecule has 0 unspecified atom stereocenters. The van der Waals surface area contributed by atoms with E-state index in [9.17, 15) is 18.0 Å². The van der Waals surface area contributed by atoms with Gasteiger partial charge in [-0.1, -0.05) is 12.1 Å². The normalized spacial score (nSPS) is 22.0. The van der Waals surface area contributed by atoms with Gasteiger partial charge in [-0.05, 0) is 31.0 Å². The van der Waals surface area contributed by atoms with Crippen molar-refractivity contribution >= 4 is 11.9 Å². The molecule has 0 spiro atoms.